The van der Waals surface area contributed by atoms with E-state index in [1.807, 2.05) is 0 Å². The average molecular weight is 514 g/mol. The molecule has 0 aliphatic heterocycles. The summed E-state index contributed by atoms with van der Waals surface area (Å²) in [6, 6.07) is 6.11. The first-order valence-corrected chi connectivity index (χ1v) is 11.0. The quantitative estimate of drug-likeness (QED) is 0.391. The number of nitrogens with one attached hydrogen (secondary N) is 3. The molecule has 1 aliphatic carbocycles. The molecule has 0 atom stereocenters. The molecule has 4 rings (SSSR count). The summed E-state index contributed by atoms with van der Waals surface area (Å²) in [6.45, 7) is 0.0484. The molecule has 2 aromatic heterocycles. The van der Waals surface area contributed by atoms with Crippen LogP contribution in [0.2, 0.25) is 0 Å². The normalized spacial score (nSPS) is 13.8. The minimum Gasteiger partial charge on any atom is -0.465 e. The van der Waals surface area contributed by atoms with Gasteiger partial charge in [0.1, 0.15) is 11.9 Å². The van der Waals surface area contributed by atoms with E-state index in [9.17, 15) is 27.6 Å². The first-order chi connectivity index (χ1) is 17.6. The van der Waals surface area contributed by atoms with Crippen LogP contribution in [0.15, 0.2) is 55.2 Å². The van der Waals surface area contributed by atoms with Crippen molar-refractivity contribution in [1.29, 1.82) is 0 Å². The molecule has 0 saturated heterocycles. The lowest BCUT2D eigenvalue weighted by Gasteiger charge is -2.17. The van der Waals surface area contributed by atoms with Crippen LogP contribution in [0, 0.1) is 0 Å². The minimum atomic E-state index is -4.72. The molecule has 0 spiro atoms. The second kappa shape index (κ2) is 10.2. The van der Waals surface area contributed by atoms with Crippen molar-refractivity contribution in [2.45, 2.75) is 31.1 Å². The Labute approximate surface area is 208 Å². The summed E-state index contributed by atoms with van der Waals surface area (Å²) in [5.41, 5.74) is -1.59. The highest BCUT2D eigenvalue weighted by molar-refractivity contribution is 6.00. The van der Waals surface area contributed by atoms with Crippen LogP contribution in [0.5, 0.6) is 0 Å². The van der Waals surface area contributed by atoms with E-state index in [0.717, 1.165) is 13.2 Å². The van der Waals surface area contributed by atoms with Crippen LogP contribution in [-0.2, 0) is 22.3 Å². The maximum atomic E-state index is 13.5. The molecule has 3 aromatic rings. The first-order valence-electron chi connectivity index (χ1n) is 11.0. The highest BCUT2D eigenvalue weighted by atomic mass is 19.4. The Morgan fingerprint density at radius 3 is 2.35 bits per heavy atom. The van der Waals surface area contributed by atoms with Gasteiger partial charge in [-0.1, -0.05) is 0 Å². The van der Waals surface area contributed by atoms with Crippen molar-refractivity contribution < 1.29 is 32.3 Å². The summed E-state index contributed by atoms with van der Waals surface area (Å²) < 4.78 is 45.1. The number of hydrogen-bond acceptors (Lipinski definition) is 8. The fraction of sp³-hybridized carbons (Fsp3) is 0.250. The molecular weight excluding hydrogens is 493 g/mol. The number of alkyl halides is 3. The van der Waals surface area contributed by atoms with Gasteiger partial charge >= 0.3 is 12.1 Å². The van der Waals surface area contributed by atoms with Gasteiger partial charge in [0, 0.05) is 12.4 Å². The van der Waals surface area contributed by atoms with Gasteiger partial charge in [0.2, 0.25) is 5.91 Å². The summed E-state index contributed by atoms with van der Waals surface area (Å²) in [4.78, 5) is 48.4. The number of nitrogens with zero attached hydrogens (tertiary/aromatic N) is 3. The molecule has 37 heavy (non-hydrogen) atoms. The average Bonchev–Trinajstić information content (AvgIpc) is 3.68. The van der Waals surface area contributed by atoms with E-state index in [4.69, 9.17) is 0 Å². The maximum Gasteiger partial charge on any atom is 0.418 e. The molecule has 13 heteroatoms. The van der Waals surface area contributed by atoms with Gasteiger partial charge < -0.3 is 20.7 Å². The number of benzene rings is 1. The second-order valence-electron chi connectivity index (χ2n) is 8.26. The predicted molar refractivity (Wildman–Crippen MR) is 124 cm³/mol. The minimum absolute atomic E-state index is 0.0484. The van der Waals surface area contributed by atoms with Crippen LogP contribution in [0.25, 0.3) is 0 Å². The molecule has 1 fully saturated rings. The van der Waals surface area contributed by atoms with Crippen molar-refractivity contribution in [2.75, 3.05) is 12.4 Å². The standard InChI is InChI=1S/C24H21F3N6O4/c1-37-21(35)14-2-5-19(18(8-14)24(25,26)27)32-17-4-3-16(30-12-17)11-31-22(36)23(6-7-23)33-20(34)15-9-28-13-29-10-15/h2-5,8-10,12-13,32H,6-7,11H2,1H3,(H,31,36)(H,33,34). The lowest BCUT2D eigenvalue weighted by molar-refractivity contribution is -0.137. The van der Waals surface area contributed by atoms with Crippen molar-refractivity contribution in [3.05, 3.63) is 77.6 Å². The molecule has 0 bridgehead atoms. The van der Waals surface area contributed by atoms with Gasteiger partial charge in [0.15, 0.2) is 0 Å². The van der Waals surface area contributed by atoms with E-state index in [2.05, 4.69) is 35.6 Å². The van der Waals surface area contributed by atoms with Crippen molar-refractivity contribution in [1.82, 2.24) is 25.6 Å². The summed E-state index contributed by atoms with van der Waals surface area (Å²) >= 11 is 0. The molecule has 1 aliphatic rings. The van der Waals surface area contributed by atoms with Gasteiger partial charge in [0.05, 0.1) is 53.6 Å². The Kier molecular flexibility index (Phi) is 7.05. The third-order valence-electron chi connectivity index (χ3n) is 5.64. The fourth-order valence-corrected chi connectivity index (χ4v) is 3.47. The highest BCUT2D eigenvalue weighted by Gasteiger charge is 2.51. The van der Waals surface area contributed by atoms with Crippen LogP contribution in [-0.4, -0.2) is 45.4 Å². The first kappa shape index (κ1) is 25.5. The van der Waals surface area contributed by atoms with Gasteiger partial charge in [-0.05, 0) is 43.2 Å². The van der Waals surface area contributed by atoms with E-state index in [1.54, 1.807) is 0 Å². The molecule has 3 N–H and O–H groups in total. The molecule has 10 nitrogen and oxygen atoms in total. The smallest absolute Gasteiger partial charge is 0.418 e. The van der Waals surface area contributed by atoms with E-state index in [1.165, 1.54) is 43.1 Å². The third-order valence-corrected chi connectivity index (χ3v) is 5.64. The number of pyridine rings is 1. The van der Waals surface area contributed by atoms with E-state index in [0.29, 0.717) is 24.6 Å². The zero-order valence-corrected chi connectivity index (χ0v) is 19.4. The number of halogens is 3. The number of ether oxygens (including phenoxy) is 1. The monoisotopic (exact) mass is 514 g/mol. The predicted octanol–water partition coefficient (Wildman–Crippen LogP) is 3.00. The molecular formula is C24H21F3N6O4. The van der Waals surface area contributed by atoms with Crippen LogP contribution >= 0.6 is 0 Å². The molecule has 2 heterocycles. The number of carbonyl (C=O) groups is 3. The van der Waals surface area contributed by atoms with Gasteiger partial charge in [-0.3, -0.25) is 14.6 Å². The van der Waals surface area contributed by atoms with Gasteiger partial charge in [-0.15, -0.1) is 0 Å². The van der Waals surface area contributed by atoms with E-state index < -0.39 is 29.2 Å². The number of methoxy groups -OCH3 is 1. The maximum absolute atomic E-state index is 13.5. The Bertz CT molecular complexity index is 1310. The molecule has 1 aromatic carbocycles. The molecule has 2 amide bonds. The lowest BCUT2D eigenvalue weighted by Crippen LogP contribution is -2.48. The number of aromatic nitrogens is 3. The summed E-state index contributed by atoms with van der Waals surface area (Å²) in [7, 11) is 1.08. The molecule has 192 valence electrons. The topological polar surface area (TPSA) is 135 Å². The third kappa shape index (κ3) is 6.00. The Balaban J connectivity index is 1.37. The van der Waals surface area contributed by atoms with Gasteiger partial charge in [0.25, 0.3) is 5.91 Å². The molecule has 0 radical (unpaired) electrons. The Hall–Kier alpha value is -4.55. The van der Waals surface area contributed by atoms with E-state index >= 15 is 0 Å². The fourth-order valence-electron chi connectivity index (χ4n) is 3.47. The number of rotatable bonds is 8. The van der Waals surface area contributed by atoms with Crippen LogP contribution < -0.4 is 16.0 Å². The van der Waals surface area contributed by atoms with Crippen molar-refractivity contribution in [3.8, 4) is 0 Å². The Morgan fingerprint density at radius 2 is 1.76 bits per heavy atom. The van der Waals surface area contributed by atoms with Gasteiger partial charge in [-0.2, -0.15) is 13.2 Å². The van der Waals surface area contributed by atoms with Crippen molar-refractivity contribution >= 4 is 29.2 Å². The van der Waals surface area contributed by atoms with Crippen LogP contribution in [0.1, 0.15) is 44.8 Å². The number of amides is 2. The van der Waals surface area contributed by atoms with Crippen molar-refractivity contribution in [3.63, 3.8) is 0 Å². The van der Waals surface area contributed by atoms with Crippen molar-refractivity contribution in [2.24, 2.45) is 0 Å². The molecule has 0 unspecified atom stereocenters. The van der Waals surface area contributed by atoms with E-state index in [-0.39, 0.29) is 35.0 Å². The largest absolute Gasteiger partial charge is 0.465 e. The second-order valence-corrected chi connectivity index (χ2v) is 8.26. The van der Waals surface area contributed by atoms with Gasteiger partial charge in [-0.25, -0.2) is 14.8 Å². The Morgan fingerprint density at radius 1 is 1.03 bits per heavy atom. The molecule has 1 saturated carbocycles. The zero-order chi connectivity index (χ0) is 26.6. The van der Waals surface area contributed by atoms with Crippen LogP contribution in [0.4, 0.5) is 24.5 Å². The zero-order valence-electron chi connectivity index (χ0n) is 19.4. The summed E-state index contributed by atoms with van der Waals surface area (Å²) in [5, 5.41) is 8.07. The number of carbonyl (C=O) groups excluding carboxylic acids is 3. The number of hydrogen-bond donors (Lipinski definition) is 3. The summed E-state index contributed by atoms with van der Waals surface area (Å²) in [6.07, 6.45) is 1.55. The number of anilines is 2. The number of esters is 1. The van der Waals surface area contributed by atoms with Crippen LogP contribution in [0.3, 0.4) is 0 Å². The lowest BCUT2D eigenvalue weighted by atomic mass is 10.1. The SMILES string of the molecule is COC(=O)c1ccc(Nc2ccc(CNC(=O)C3(NC(=O)c4cncnc4)CC3)nc2)c(C(F)(F)F)c1. The highest BCUT2D eigenvalue weighted by Crippen LogP contribution is 2.37. The summed E-state index contributed by atoms with van der Waals surface area (Å²) in [5.74, 6) is -1.71.